The van der Waals surface area contributed by atoms with Crippen LogP contribution in [0.5, 0.6) is 11.5 Å². The fourth-order valence-corrected chi connectivity index (χ4v) is 4.80. The molecule has 0 aliphatic rings. The SMILES string of the molecule is CC(=O)Oc1c(C)c(C)c(O)c(C/C=C(\C)CCCC(C)CCCC(C)CCCC(C)C)c1C. The number of benzene rings is 1. The molecule has 0 fully saturated rings. The summed E-state index contributed by atoms with van der Waals surface area (Å²) in [6.07, 6.45) is 14.7. The summed E-state index contributed by atoms with van der Waals surface area (Å²) >= 11 is 0. The van der Waals surface area contributed by atoms with Gasteiger partial charge in [-0.1, -0.05) is 84.3 Å². The van der Waals surface area contributed by atoms with Crippen LogP contribution in [0.1, 0.15) is 122 Å². The van der Waals surface area contributed by atoms with E-state index in [0.29, 0.717) is 17.9 Å². The summed E-state index contributed by atoms with van der Waals surface area (Å²) in [6, 6.07) is 0. The average molecular weight is 473 g/mol. The Labute approximate surface area is 210 Å². The van der Waals surface area contributed by atoms with Crippen LogP contribution >= 0.6 is 0 Å². The molecule has 34 heavy (non-hydrogen) atoms. The molecule has 2 atom stereocenters. The van der Waals surface area contributed by atoms with Gasteiger partial charge in [0.2, 0.25) is 0 Å². The molecule has 3 heteroatoms. The summed E-state index contributed by atoms with van der Waals surface area (Å²) in [6.45, 7) is 18.8. The van der Waals surface area contributed by atoms with Crippen LogP contribution < -0.4 is 4.74 Å². The summed E-state index contributed by atoms with van der Waals surface area (Å²) in [7, 11) is 0. The third-order valence-electron chi connectivity index (χ3n) is 7.38. The van der Waals surface area contributed by atoms with Gasteiger partial charge in [-0.15, -0.1) is 0 Å². The standard InChI is InChI=1S/C31H52O3/c1-21(2)13-10-14-22(3)15-11-16-23(4)17-12-18-24(5)19-20-29-27(8)31(34-28(9)32)26(7)25(6)30(29)33/h19,21-23,33H,10-18,20H2,1-9H3/b24-19+. The second kappa shape index (κ2) is 15.3. The van der Waals surface area contributed by atoms with Gasteiger partial charge < -0.3 is 9.84 Å². The first kappa shape index (κ1) is 30.3. The van der Waals surface area contributed by atoms with Crippen LogP contribution in [0, 0.1) is 38.5 Å². The van der Waals surface area contributed by atoms with Gasteiger partial charge in [0.1, 0.15) is 11.5 Å². The number of aromatic hydroxyl groups is 1. The van der Waals surface area contributed by atoms with Crippen molar-refractivity contribution in [2.24, 2.45) is 17.8 Å². The van der Waals surface area contributed by atoms with Crippen molar-refractivity contribution in [2.75, 3.05) is 0 Å². The largest absolute Gasteiger partial charge is 0.507 e. The predicted octanol–water partition coefficient (Wildman–Crippen LogP) is 9.17. The van der Waals surface area contributed by atoms with Gasteiger partial charge in [-0.05, 0) is 81.4 Å². The van der Waals surface area contributed by atoms with Crippen LogP contribution in [0.4, 0.5) is 0 Å². The number of ether oxygens (including phenoxy) is 1. The van der Waals surface area contributed by atoms with Crippen molar-refractivity contribution in [3.8, 4) is 11.5 Å². The first-order valence-electron chi connectivity index (χ1n) is 13.6. The fourth-order valence-electron chi connectivity index (χ4n) is 4.80. The van der Waals surface area contributed by atoms with Crippen molar-refractivity contribution in [1.82, 2.24) is 0 Å². The molecule has 0 saturated heterocycles. The highest BCUT2D eigenvalue weighted by molar-refractivity contribution is 5.72. The molecular formula is C31H52O3. The maximum absolute atomic E-state index is 11.5. The van der Waals surface area contributed by atoms with Gasteiger partial charge in [0.25, 0.3) is 0 Å². The summed E-state index contributed by atoms with van der Waals surface area (Å²) in [5.41, 5.74) is 4.68. The Morgan fingerprint density at radius 3 is 1.88 bits per heavy atom. The number of hydrogen-bond acceptors (Lipinski definition) is 3. The van der Waals surface area contributed by atoms with Gasteiger partial charge >= 0.3 is 5.97 Å². The van der Waals surface area contributed by atoms with Crippen molar-refractivity contribution in [2.45, 2.75) is 127 Å². The number of esters is 1. The van der Waals surface area contributed by atoms with Gasteiger partial charge in [0.15, 0.2) is 0 Å². The van der Waals surface area contributed by atoms with Gasteiger partial charge in [-0.25, -0.2) is 0 Å². The zero-order valence-electron chi connectivity index (χ0n) is 23.6. The third-order valence-corrected chi connectivity index (χ3v) is 7.38. The number of rotatable bonds is 15. The van der Waals surface area contributed by atoms with Crippen molar-refractivity contribution >= 4 is 5.97 Å². The minimum Gasteiger partial charge on any atom is -0.507 e. The van der Waals surface area contributed by atoms with E-state index in [2.05, 4.69) is 40.7 Å². The monoisotopic (exact) mass is 472 g/mol. The van der Waals surface area contributed by atoms with Gasteiger partial charge in [0.05, 0.1) is 0 Å². The first-order chi connectivity index (χ1) is 15.9. The van der Waals surface area contributed by atoms with E-state index in [0.717, 1.165) is 46.4 Å². The third kappa shape index (κ3) is 10.7. The van der Waals surface area contributed by atoms with Crippen LogP contribution in [0.3, 0.4) is 0 Å². The summed E-state index contributed by atoms with van der Waals surface area (Å²) in [5, 5.41) is 10.7. The number of allylic oxidation sites excluding steroid dienone is 2. The summed E-state index contributed by atoms with van der Waals surface area (Å²) in [4.78, 5) is 11.5. The lowest BCUT2D eigenvalue weighted by Crippen LogP contribution is -2.07. The molecule has 2 unspecified atom stereocenters. The second-order valence-electron chi connectivity index (χ2n) is 11.2. The van der Waals surface area contributed by atoms with Crippen molar-refractivity contribution in [3.63, 3.8) is 0 Å². The molecule has 0 amide bonds. The Kier molecular flexibility index (Phi) is 13.6. The molecule has 0 aliphatic carbocycles. The molecule has 0 spiro atoms. The van der Waals surface area contributed by atoms with Crippen LogP contribution in [0.15, 0.2) is 11.6 Å². The van der Waals surface area contributed by atoms with E-state index >= 15 is 0 Å². The van der Waals surface area contributed by atoms with Gasteiger partial charge in [-0.2, -0.15) is 0 Å². The lowest BCUT2D eigenvalue weighted by atomic mass is 9.91. The lowest BCUT2D eigenvalue weighted by molar-refractivity contribution is -0.131. The number of carbonyl (C=O) groups excluding carboxylic acids is 1. The lowest BCUT2D eigenvalue weighted by Gasteiger charge is -2.18. The number of carbonyl (C=O) groups is 1. The minimum absolute atomic E-state index is 0.321. The fraction of sp³-hybridized carbons (Fsp3) is 0.710. The predicted molar refractivity (Wildman–Crippen MR) is 146 cm³/mol. The van der Waals surface area contributed by atoms with Crippen molar-refractivity contribution in [1.29, 1.82) is 0 Å². The minimum atomic E-state index is -0.330. The van der Waals surface area contributed by atoms with Crippen LogP contribution in [0.2, 0.25) is 0 Å². The summed E-state index contributed by atoms with van der Waals surface area (Å²) in [5.74, 6) is 3.06. The quantitative estimate of drug-likeness (QED) is 0.157. The van der Waals surface area contributed by atoms with E-state index in [1.807, 2.05) is 20.8 Å². The highest BCUT2D eigenvalue weighted by atomic mass is 16.5. The highest BCUT2D eigenvalue weighted by Crippen LogP contribution is 2.37. The molecule has 1 N–H and O–H groups in total. The summed E-state index contributed by atoms with van der Waals surface area (Å²) < 4.78 is 5.46. The second-order valence-corrected chi connectivity index (χ2v) is 11.2. The molecule has 1 aromatic carbocycles. The van der Waals surface area contributed by atoms with E-state index < -0.39 is 0 Å². The Bertz CT molecular complexity index is 804. The molecule has 0 aliphatic heterocycles. The van der Waals surface area contributed by atoms with E-state index in [9.17, 15) is 9.90 Å². The molecule has 3 nitrogen and oxygen atoms in total. The number of phenols is 1. The molecule has 0 radical (unpaired) electrons. The van der Waals surface area contributed by atoms with E-state index in [4.69, 9.17) is 4.74 Å². The first-order valence-corrected chi connectivity index (χ1v) is 13.6. The zero-order chi connectivity index (χ0) is 25.8. The zero-order valence-corrected chi connectivity index (χ0v) is 23.6. The Balaban J connectivity index is 2.49. The topological polar surface area (TPSA) is 46.5 Å². The molecule has 0 aromatic heterocycles. The van der Waals surface area contributed by atoms with Gasteiger partial charge in [0, 0.05) is 12.5 Å². The van der Waals surface area contributed by atoms with Gasteiger partial charge in [-0.3, -0.25) is 4.79 Å². The molecule has 0 bridgehead atoms. The maximum Gasteiger partial charge on any atom is 0.308 e. The van der Waals surface area contributed by atoms with Crippen LogP contribution in [-0.2, 0) is 11.2 Å². The molecule has 1 aromatic rings. The normalized spacial score (nSPS) is 13.9. The van der Waals surface area contributed by atoms with E-state index in [1.54, 1.807) is 0 Å². The highest BCUT2D eigenvalue weighted by Gasteiger charge is 2.18. The molecule has 0 heterocycles. The maximum atomic E-state index is 11.5. The molecular weight excluding hydrogens is 420 g/mol. The molecule has 194 valence electrons. The van der Waals surface area contributed by atoms with Crippen molar-refractivity contribution in [3.05, 3.63) is 33.9 Å². The van der Waals surface area contributed by atoms with Crippen molar-refractivity contribution < 1.29 is 14.6 Å². The number of phenolic OH excluding ortho intramolecular Hbond substituents is 1. The van der Waals surface area contributed by atoms with Crippen LogP contribution in [0.25, 0.3) is 0 Å². The Morgan fingerprint density at radius 2 is 1.35 bits per heavy atom. The smallest absolute Gasteiger partial charge is 0.308 e. The average Bonchev–Trinajstić information content (AvgIpc) is 2.75. The number of hydrogen-bond donors (Lipinski definition) is 1. The molecule has 1 rings (SSSR count). The Hall–Kier alpha value is -1.77. The Morgan fingerprint density at radius 1 is 0.824 bits per heavy atom. The van der Waals surface area contributed by atoms with E-state index in [1.165, 1.54) is 63.9 Å². The van der Waals surface area contributed by atoms with Crippen LogP contribution in [-0.4, -0.2) is 11.1 Å². The molecule has 0 saturated carbocycles. The van der Waals surface area contributed by atoms with E-state index in [-0.39, 0.29) is 5.97 Å².